The van der Waals surface area contributed by atoms with E-state index in [0.717, 1.165) is 5.56 Å². The molecule has 0 aliphatic rings. The fourth-order valence-corrected chi connectivity index (χ4v) is 2.12. The number of hydrogen-bond donors (Lipinski definition) is 1. The molecule has 0 saturated carbocycles. The Balaban J connectivity index is 2.04. The second kappa shape index (κ2) is 7.61. The molecule has 7 heteroatoms. The Bertz CT molecular complexity index is 650. The van der Waals surface area contributed by atoms with Crippen LogP contribution in [0.2, 0.25) is 5.02 Å². The molecule has 1 aromatic carbocycles. The number of aromatic nitrogens is 2. The van der Waals surface area contributed by atoms with Gasteiger partial charge in [-0.05, 0) is 12.0 Å². The van der Waals surface area contributed by atoms with E-state index in [-0.39, 0.29) is 5.91 Å². The fourth-order valence-electron chi connectivity index (χ4n) is 1.89. The van der Waals surface area contributed by atoms with Crippen molar-refractivity contribution in [3.63, 3.8) is 0 Å². The van der Waals surface area contributed by atoms with Crippen molar-refractivity contribution in [1.29, 1.82) is 0 Å². The van der Waals surface area contributed by atoms with E-state index in [0.29, 0.717) is 35.1 Å². The van der Waals surface area contributed by atoms with Crippen molar-refractivity contribution in [3.8, 4) is 11.5 Å². The van der Waals surface area contributed by atoms with Crippen LogP contribution < -0.4 is 14.8 Å². The maximum absolute atomic E-state index is 12.1. The number of anilines is 1. The summed E-state index contributed by atoms with van der Waals surface area (Å²) in [5.74, 6) is 0.794. The minimum atomic E-state index is -0.147. The standard InChI is InChI=1S/C15H16ClN3O3/c1-21-13-6-12(14(22-2)5-11(13)16)19-15(20)4-3-10-7-17-9-18-8-10/h5-9H,3-4H2,1-2H3,(H,19,20). The first-order chi connectivity index (χ1) is 10.6. The van der Waals surface area contributed by atoms with Gasteiger partial charge in [0, 0.05) is 30.9 Å². The minimum absolute atomic E-state index is 0.147. The zero-order valence-corrected chi connectivity index (χ0v) is 13.1. The molecule has 0 radical (unpaired) electrons. The second-order valence-electron chi connectivity index (χ2n) is 4.48. The van der Waals surface area contributed by atoms with Gasteiger partial charge < -0.3 is 14.8 Å². The molecule has 0 aliphatic carbocycles. The quantitative estimate of drug-likeness (QED) is 0.885. The molecule has 0 atom stereocenters. The molecule has 0 saturated heterocycles. The molecule has 1 aromatic heterocycles. The van der Waals surface area contributed by atoms with Gasteiger partial charge in [-0.3, -0.25) is 4.79 Å². The lowest BCUT2D eigenvalue weighted by atomic mass is 10.2. The zero-order chi connectivity index (χ0) is 15.9. The van der Waals surface area contributed by atoms with Crippen LogP contribution in [0.25, 0.3) is 0 Å². The number of amides is 1. The highest BCUT2D eigenvalue weighted by atomic mass is 35.5. The van der Waals surface area contributed by atoms with Gasteiger partial charge in [-0.1, -0.05) is 11.6 Å². The smallest absolute Gasteiger partial charge is 0.224 e. The van der Waals surface area contributed by atoms with Gasteiger partial charge in [0.05, 0.1) is 24.9 Å². The first-order valence-electron chi connectivity index (χ1n) is 6.59. The van der Waals surface area contributed by atoms with Crippen molar-refractivity contribution in [1.82, 2.24) is 9.97 Å². The third kappa shape index (κ3) is 4.08. The van der Waals surface area contributed by atoms with E-state index in [1.807, 2.05) is 0 Å². The first-order valence-corrected chi connectivity index (χ1v) is 6.97. The Morgan fingerprint density at radius 1 is 1.18 bits per heavy atom. The monoisotopic (exact) mass is 321 g/mol. The number of hydrogen-bond acceptors (Lipinski definition) is 5. The lowest BCUT2D eigenvalue weighted by Crippen LogP contribution is -2.13. The molecule has 1 N–H and O–H groups in total. The largest absolute Gasteiger partial charge is 0.495 e. The summed E-state index contributed by atoms with van der Waals surface area (Å²) in [7, 11) is 3.02. The average molecular weight is 322 g/mol. The van der Waals surface area contributed by atoms with E-state index in [9.17, 15) is 4.79 Å². The molecule has 22 heavy (non-hydrogen) atoms. The molecular formula is C15H16ClN3O3. The first kappa shape index (κ1) is 16.0. The third-order valence-corrected chi connectivity index (χ3v) is 3.30. The van der Waals surface area contributed by atoms with Crippen LogP contribution in [0.3, 0.4) is 0 Å². The highest BCUT2D eigenvalue weighted by Crippen LogP contribution is 2.35. The molecule has 0 aliphatic heterocycles. The number of aryl methyl sites for hydroxylation is 1. The van der Waals surface area contributed by atoms with Gasteiger partial charge in [0.1, 0.15) is 17.8 Å². The molecule has 0 fully saturated rings. The van der Waals surface area contributed by atoms with Gasteiger partial charge in [0.2, 0.25) is 5.91 Å². The van der Waals surface area contributed by atoms with Gasteiger partial charge in [0.25, 0.3) is 0 Å². The number of rotatable bonds is 6. The Morgan fingerprint density at radius 3 is 2.50 bits per heavy atom. The molecule has 1 heterocycles. The van der Waals surface area contributed by atoms with Gasteiger partial charge in [-0.25, -0.2) is 9.97 Å². The summed E-state index contributed by atoms with van der Waals surface area (Å²) < 4.78 is 10.4. The van der Waals surface area contributed by atoms with Crippen LogP contribution in [-0.2, 0) is 11.2 Å². The summed E-state index contributed by atoms with van der Waals surface area (Å²) >= 11 is 6.03. The Kier molecular flexibility index (Phi) is 5.55. The van der Waals surface area contributed by atoms with Crippen LogP contribution in [0.1, 0.15) is 12.0 Å². The molecule has 2 rings (SSSR count). The number of nitrogens with zero attached hydrogens (tertiary/aromatic N) is 2. The number of methoxy groups -OCH3 is 2. The normalized spacial score (nSPS) is 10.1. The maximum atomic E-state index is 12.1. The Morgan fingerprint density at radius 2 is 1.86 bits per heavy atom. The molecule has 1 amide bonds. The number of benzene rings is 1. The number of carbonyl (C=O) groups excluding carboxylic acids is 1. The fraction of sp³-hybridized carbons (Fsp3) is 0.267. The van der Waals surface area contributed by atoms with E-state index >= 15 is 0 Å². The van der Waals surface area contributed by atoms with Gasteiger partial charge in [-0.15, -0.1) is 0 Å². The summed E-state index contributed by atoms with van der Waals surface area (Å²) in [5.41, 5.74) is 1.41. The Labute approximate surface area is 133 Å². The Hall–Kier alpha value is -2.34. The van der Waals surface area contributed by atoms with Crippen LogP contribution in [0.15, 0.2) is 30.9 Å². The van der Waals surface area contributed by atoms with Crippen molar-refractivity contribution in [2.75, 3.05) is 19.5 Å². The van der Waals surface area contributed by atoms with E-state index in [1.165, 1.54) is 20.5 Å². The van der Waals surface area contributed by atoms with Crippen LogP contribution in [0.4, 0.5) is 5.69 Å². The summed E-state index contributed by atoms with van der Waals surface area (Å²) in [6, 6.07) is 3.23. The predicted molar refractivity (Wildman–Crippen MR) is 83.5 cm³/mol. The van der Waals surface area contributed by atoms with Crippen molar-refractivity contribution >= 4 is 23.2 Å². The average Bonchev–Trinajstić information content (AvgIpc) is 2.55. The summed E-state index contributed by atoms with van der Waals surface area (Å²) in [6.45, 7) is 0. The van der Waals surface area contributed by atoms with Gasteiger partial charge in [0.15, 0.2) is 0 Å². The summed E-state index contributed by atoms with van der Waals surface area (Å²) in [5, 5.41) is 3.21. The molecule has 0 spiro atoms. The predicted octanol–water partition coefficient (Wildman–Crippen LogP) is 2.72. The van der Waals surface area contributed by atoms with Crippen LogP contribution in [0, 0.1) is 0 Å². The number of halogens is 1. The zero-order valence-electron chi connectivity index (χ0n) is 12.3. The highest BCUT2D eigenvalue weighted by molar-refractivity contribution is 6.32. The molecule has 2 aromatic rings. The minimum Gasteiger partial charge on any atom is -0.495 e. The topological polar surface area (TPSA) is 73.3 Å². The molecule has 0 bridgehead atoms. The van der Waals surface area contributed by atoms with Crippen LogP contribution >= 0.6 is 11.6 Å². The van der Waals surface area contributed by atoms with Crippen LogP contribution in [-0.4, -0.2) is 30.1 Å². The van der Waals surface area contributed by atoms with Crippen LogP contribution in [0.5, 0.6) is 11.5 Å². The van der Waals surface area contributed by atoms with E-state index in [2.05, 4.69) is 15.3 Å². The van der Waals surface area contributed by atoms with E-state index in [4.69, 9.17) is 21.1 Å². The number of carbonyl (C=O) groups is 1. The SMILES string of the molecule is COc1cc(NC(=O)CCc2cncnc2)c(OC)cc1Cl. The van der Waals surface area contributed by atoms with Gasteiger partial charge in [-0.2, -0.15) is 0 Å². The van der Waals surface area contributed by atoms with E-state index < -0.39 is 0 Å². The number of nitrogens with one attached hydrogen (secondary N) is 1. The molecule has 6 nitrogen and oxygen atoms in total. The highest BCUT2D eigenvalue weighted by Gasteiger charge is 2.12. The van der Waals surface area contributed by atoms with Crippen molar-refractivity contribution < 1.29 is 14.3 Å². The van der Waals surface area contributed by atoms with E-state index in [1.54, 1.807) is 24.5 Å². The third-order valence-electron chi connectivity index (χ3n) is 3.00. The summed E-state index contributed by atoms with van der Waals surface area (Å²) in [6.07, 6.45) is 5.69. The summed E-state index contributed by atoms with van der Waals surface area (Å²) in [4.78, 5) is 19.9. The van der Waals surface area contributed by atoms with Crippen molar-refractivity contribution in [2.24, 2.45) is 0 Å². The lowest BCUT2D eigenvalue weighted by molar-refractivity contribution is -0.116. The molecular weight excluding hydrogens is 306 g/mol. The van der Waals surface area contributed by atoms with Crippen molar-refractivity contribution in [3.05, 3.63) is 41.4 Å². The maximum Gasteiger partial charge on any atom is 0.224 e. The second-order valence-corrected chi connectivity index (χ2v) is 4.89. The number of ether oxygens (including phenoxy) is 2. The molecule has 0 unspecified atom stereocenters. The van der Waals surface area contributed by atoms with Gasteiger partial charge >= 0.3 is 0 Å². The lowest BCUT2D eigenvalue weighted by Gasteiger charge is -2.13. The molecule has 116 valence electrons. The van der Waals surface area contributed by atoms with Crippen molar-refractivity contribution in [2.45, 2.75) is 12.8 Å².